The second kappa shape index (κ2) is 9.24. The number of carbonyl (C=O) groups is 1. The molecule has 1 fully saturated rings. The molecule has 0 aliphatic carbocycles. The van der Waals surface area contributed by atoms with Crippen LogP contribution in [0.2, 0.25) is 5.02 Å². The molecule has 0 bridgehead atoms. The van der Waals surface area contributed by atoms with Crippen molar-refractivity contribution in [1.82, 2.24) is 24.5 Å². The van der Waals surface area contributed by atoms with Crippen molar-refractivity contribution in [2.24, 2.45) is 0 Å². The Morgan fingerprint density at radius 2 is 1.72 bits per heavy atom. The molecule has 0 saturated carbocycles. The van der Waals surface area contributed by atoms with Gasteiger partial charge in [0.2, 0.25) is 5.95 Å². The zero-order valence-electron chi connectivity index (χ0n) is 19.9. The highest BCUT2D eigenvalue weighted by molar-refractivity contribution is 6.31. The Morgan fingerprint density at radius 1 is 0.972 bits per heavy atom. The second-order valence-electron chi connectivity index (χ2n) is 9.17. The highest BCUT2D eigenvalue weighted by Crippen LogP contribution is 2.28. The number of rotatable bonds is 4. The molecule has 5 aromatic rings. The summed E-state index contributed by atoms with van der Waals surface area (Å²) in [7, 11) is 0. The molecule has 1 amide bonds. The lowest BCUT2D eigenvalue weighted by Gasteiger charge is -2.40. The van der Waals surface area contributed by atoms with Gasteiger partial charge in [-0.1, -0.05) is 60.1 Å². The van der Waals surface area contributed by atoms with E-state index in [2.05, 4.69) is 38.6 Å². The molecule has 0 N–H and O–H groups in total. The first-order valence-electron chi connectivity index (χ1n) is 12.1. The largest absolute Gasteiger partial charge is 0.338 e. The van der Waals surface area contributed by atoms with Gasteiger partial charge in [-0.05, 0) is 42.8 Å². The number of benzene rings is 3. The van der Waals surface area contributed by atoms with Crippen molar-refractivity contribution in [2.45, 2.75) is 19.4 Å². The van der Waals surface area contributed by atoms with E-state index in [-0.39, 0.29) is 11.9 Å². The molecule has 36 heavy (non-hydrogen) atoms. The highest BCUT2D eigenvalue weighted by atomic mass is 35.5. The van der Waals surface area contributed by atoms with Gasteiger partial charge in [-0.3, -0.25) is 4.79 Å². The van der Waals surface area contributed by atoms with Crippen molar-refractivity contribution in [3.8, 4) is 0 Å². The smallest absolute Gasteiger partial charge is 0.254 e. The second-order valence-corrected chi connectivity index (χ2v) is 9.61. The van der Waals surface area contributed by atoms with Crippen LogP contribution in [0, 0.1) is 0 Å². The zero-order chi connectivity index (χ0) is 24.6. The standard InChI is InChI=1S/C28H25ClN6O/c1-19-18-33(14-15-34(19)27(36)21-10-6-3-7-11-21)28-30-24-17-22(29)12-13-23(24)26-32-31-25(35(26)28)16-20-8-4-2-5-9-20/h2-13,17,19H,14-16,18H2,1H3. The van der Waals surface area contributed by atoms with E-state index in [9.17, 15) is 4.79 Å². The molecule has 1 aliphatic rings. The summed E-state index contributed by atoms with van der Waals surface area (Å²) in [5.41, 5.74) is 3.40. The van der Waals surface area contributed by atoms with Crippen LogP contribution >= 0.6 is 11.6 Å². The van der Waals surface area contributed by atoms with Crippen molar-refractivity contribution in [1.29, 1.82) is 0 Å². The third kappa shape index (κ3) is 4.05. The molecule has 3 heterocycles. The number of piperazine rings is 1. The number of hydrogen-bond donors (Lipinski definition) is 0. The monoisotopic (exact) mass is 496 g/mol. The Kier molecular flexibility index (Phi) is 5.77. The number of aromatic nitrogens is 4. The lowest BCUT2D eigenvalue weighted by Crippen LogP contribution is -2.54. The minimum Gasteiger partial charge on any atom is -0.338 e. The summed E-state index contributed by atoms with van der Waals surface area (Å²) in [5, 5.41) is 10.7. The van der Waals surface area contributed by atoms with Gasteiger partial charge in [-0.15, -0.1) is 10.2 Å². The van der Waals surface area contributed by atoms with Crippen LogP contribution < -0.4 is 4.90 Å². The lowest BCUT2D eigenvalue weighted by atomic mass is 10.1. The molecule has 1 saturated heterocycles. The van der Waals surface area contributed by atoms with E-state index >= 15 is 0 Å². The number of amides is 1. The minimum atomic E-state index is 0.00687. The van der Waals surface area contributed by atoms with Crippen molar-refractivity contribution in [2.75, 3.05) is 24.5 Å². The first kappa shape index (κ1) is 22.5. The summed E-state index contributed by atoms with van der Waals surface area (Å²) >= 11 is 6.32. The van der Waals surface area contributed by atoms with Crippen LogP contribution in [0.15, 0.2) is 78.9 Å². The fourth-order valence-corrected chi connectivity index (χ4v) is 5.10. The quantitative estimate of drug-likeness (QED) is 0.355. The molecule has 180 valence electrons. The van der Waals surface area contributed by atoms with E-state index in [1.807, 2.05) is 71.6 Å². The van der Waals surface area contributed by atoms with Crippen molar-refractivity contribution < 1.29 is 4.79 Å². The molecule has 1 unspecified atom stereocenters. The molecule has 2 aromatic heterocycles. The summed E-state index contributed by atoms with van der Waals surface area (Å²) in [4.78, 5) is 22.4. The lowest BCUT2D eigenvalue weighted by molar-refractivity contribution is 0.0673. The number of nitrogens with zero attached hydrogens (tertiary/aromatic N) is 6. The first-order chi connectivity index (χ1) is 17.6. The Labute approximate surface area is 214 Å². The van der Waals surface area contributed by atoms with Crippen LogP contribution in [-0.2, 0) is 6.42 Å². The predicted octanol–water partition coefficient (Wildman–Crippen LogP) is 4.87. The summed E-state index contributed by atoms with van der Waals surface area (Å²) in [6, 6.07) is 25.4. The molecule has 1 aliphatic heterocycles. The number of anilines is 1. The normalized spacial score (nSPS) is 16.1. The number of carbonyl (C=O) groups excluding carboxylic acids is 1. The van der Waals surface area contributed by atoms with Crippen LogP contribution in [-0.4, -0.2) is 56.1 Å². The minimum absolute atomic E-state index is 0.00687. The average Bonchev–Trinajstić information content (AvgIpc) is 3.32. The van der Waals surface area contributed by atoms with E-state index in [0.717, 1.165) is 33.9 Å². The SMILES string of the molecule is CC1CN(c2nc3cc(Cl)ccc3c3nnc(Cc4ccccc4)n23)CCN1C(=O)c1ccccc1. The Morgan fingerprint density at radius 3 is 2.47 bits per heavy atom. The molecule has 0 radical (unpaired) electrons. The van der Waals surface area contributed by atoms with Gasteiger partial charge in [0, 0.05) is 48.1 Å². The molecular formula is C28H25ClN6O. The topological polar surface area (TPSA) is 66.6 Å². The van der Waals surface area contributed by atoms with Gasteiger partial charge in [0.15, 0.2) is 5.65 Å². The zero-order valence-corrected chi connectivity index (χ0v) is 20.6. The van der Waals surface area contributed by atoms with Gasteiger partial charge in [0.1, 0.15) is 5.82 Å². The fraction of sp³-hybridized carbons (Fsp3) is 0.214. The number of fused-ring (bicyclic) bond motifs is 3. The van der Waals surface area contributed by atoms with Gasteiger partial charge in [-0.2, -0.15) is 0 Å². The molecule has 6 rings (SSSR count). The van der Waals surface area contributed by atoms with E-state index in [1.54, 1.807) is 0 Å². The molecule has 0 spiro atoms. The molecule has 3 aromatic carbocycles. The van der Waals surface area contributed by atoms with Gasteiger partial charge < -0.3 is 9.80 Å². The maximum Gasteiger partial charge on any atom is 0.254 e. The molecular weight excluding hydrogens is 472 g/mol. The molecule has 8 heteroatoms. The van der Waals surface area contributed by atoms with E-state index in [4.69, 9.17) is 16.6 Å². The molecule has 1 atom stereocenters. The van der Waals surface area contributed by atoms with E-state index < -0.39 is 0 Å². The van der Waals surface area contributed by atoms with Crippen LogP contribution in [0.5, 0.6) is 0 Å². The predicted molar refractivity (Wildman–Crippen MR) is 142 cm³/mol. The molecule has 7 nitrogen and oxygen atoms in total. The summed E-state index contributed by atoms with van der Waals surface area (Å²) in [5.74, 6) is 1.65. The van der Waals surface area contributed by atoms with Crippen molar-refractivity contribution in [3.63, 3.8) is 0 Å². The third-order valence-electron chi connectivity index (χ3n) is 6.75. The van der Waals surface area contributed by atoms with Crippen LogP contribution in [0.4, 0.5) is 5.95 Å². The van der Waals surface area contributed by atoms with Crippen LogP contribution in [0.3, 0.4) is 0 Å². The summed E-state index contributed by atoms with van der Waals surface area (Å²) in [6.45, 7) is 3.98. The summed E-state index contributed by atoms with van der Waals surface area (Å²) < 4.78 is 2.06. The maximum atomic E-state index is 13.1. The summed E-state index contributed by atoms with van der Waals surface area (Å²) in [6.07, 6.45) is 0.637. The maximum absolute atomic E-state index is 13.1. The van der Waals surface area contributed by atoms with Crippen LogP contribution in [0.25, 0.3) is 16.6 Å². The Balaban J connectivity index is 1.40. The van der Waals surface area contributed by atoms with Gasteiger partial charge in [0.25, 0.3) is 5.91 Å². The van der Waals surface area contributed by atoms with Gasteiger partial charge in [-0.25, -0.2) is 9.38 Å². The highest BCUT2D eigenvalue weighted by Gasteiger charge is 2.30. The van der Waals surface area contributed by atoms with E-state index in [0.29, 0.717) is 36.6 Å². The number of hydrogen-bond acceptors (Lipinski definition) is 5. The van der Waals surface area contributed by atoms with Gasteiger partial charge >= 0.3 is 0 Å². The van der Waals surface area contributed by atoms with Crippen LogP contribution in [0.1, 0.15) is 28.7 Å². The first-order valence-corrected chi connectivity index (χ1v) is 12.4. The van der Waals surface area contributed by atoms with E-state index in [1.165, 1.54) is 0 Å². The van der Waals surface area contributed by atoms with Gasteiger partial charge in [0.05, 0.1) is 5.52 Å². The Hall–Kier alpha value is -3.97. The van der Waals surface area contributed by atoms with Crippen molar-refractivity contribution >= 4 is 40.0 Å². The Bertz CT molecular complexity index is 1550. The third-order valence-corrected chi connectivity index (χ3v) is 6.98. The number of halogens is 1. The van der Waals surface area contributed by atoms with Crippen molar-refractivity contribution in [3.05, 3.63) is 101 Å². The average molecular weight is 497 g/mol. The fourth-order valence-electron chi connectivity index (χ4n) is 4.94.